The van der Waals surface area contributed by atoms with Gasteiger partial charge in [0, 0.05) is 17.6 Å². The minimum Gasteiger partial charge on any atom is -0.491 e. The van der Waals surface area contributed by atoms with E-state index in [1.54, 1.807) is 6.20 Å². The van der Waals surface area contributed by atoms with Crippen LogP contribution in [0.2, 0.25) is 0 Å². The molecule has 1 unspecified atom stereocenters. The van der Waals surface area contributed by atoms with Crippen LogP contribution in [0.3, 0.4) is 0 Å². The molecule has 1 atom stereocenters. The molecule has 1 aliphatic rings. The van der Waals surface area contributed by atoms with Crippen LogP contribution >= 0.6 is 0 Å². The number of carbonyl (C=O) groups is 1. The van der Waals surface area contributed by atoms with Gasteiger partial charge in [0.15, 0.2) is 0 Å². The first-order valence-electron chi connectivity index (χ1n) is 6.66. The molecule has 0 aliphatic heterocycles. The van der Waals surface area contributed by atoms with E-state index in [-0.39, 0.29) is 12.5 Å². The highest BCUT2D eigenvalue weighted by Crippen LogP contribution is 2.38. The standard InChI is InChI=1S/C15H17N3O2/c16-14(19)15(17,11-4-5-11)9-20-12-6-3-10-2-1-7-18-13(10)8-12/h1-3,6-8,11H,4-5,9,17H2,(H2,16,19). The second-order valence-electron chi connectivity index (χ2n) is 5.33. The molecule has 5 heteroatoms. The topological polar surface area (TPSA) is 91.2 Å². The van der Waals surface area contributed by atoms with Crippen molar-refractivity contribution >= 4 is 16.8 Å². The van der Waals surface area contributed by atoms with Crippen LogP contribution in [0, 0.1) is 5.92 Å². The van der Waals surface area contributed by atoms with Gasteiger partial charge in [0.25, 0.3) is 0 Å². The maximum atomic E-state index is 11.5. The Hall–Kier alpha value is -2.14. The van der Waals surface area contributed by atoms with E-state index in [0.29, 0.717) is 5.75 Å². The Labute approximate surface area is 116 Å². The highest BCUT2D eigenvalue weighted by atomic mass is 16.5. The quantitative estimate of drug-likeness (QED) is 0.855. The molecule has 1 heterocycles. The number of pyridine rings is 1. The van der Waals surface area contributed by atoms with E-state index in [1.807, 2.05) is 30.3 Å². The predicted octanol–water partition coefficient (Wildman–Crippen LogP) is 1.21. The van der Waals surface area contributed by atoms with Crippen LogP contribution < -0.4 is 16.2 Å². The van der Waals surface area contributed by atoms with Gasteiger partial charge in [0.2, 0.25) is 5.91 Å². The zero-order chi connectivity index (χ0) is 14.2. The molecule has 0 saturated heterocycles. The van der Waals surface area contributed by atoms with Crippen molar-refractivity contribution in [2.24, 2.45) is 17.4 Å². The Morgan fingerprint density at radius 1 is 1.40 bits per heavy atom. The maximum absolute atomic E-state index is 11.5. The molecule has 1 fully saturated rings. The molecule has 2 aromatic rings. The number of primary amides is 1. The molecule has 1 aromatic heterocycles. The molecule has 3 rings (SSSR count). The normalized spacial score (nSPS) is 17.6. The van der Waals surface area contributed by atoms with Crippen LogP contribution in [0.15, 0.2) is 36.5 Å². The molecule has 1 saturated carbocycles. The molecule has 1 amide bonds. The number of amides is 1. The number of hydrogen-bond donors (Lipinski definition) is 2. The zero-order valence-corrected chi connectivity index (χ0v) is 11.1. The molecule has 1 aliphatic carbocycles. The van der Waals surface area contributed by atoms with Crippen molar-refractivity contribution in [2.75, 3.05) is 6.61 Å². The third kappa shape index (κ3) is 2.32. The smallest absolute Gasteiger partial charge is 0.241 e. The summed E-state index contributed by atoms with van der Waals surface area (Å²) in [6.07, 6.45) is 3.59. The van der Waals surface area contributed by atoms with Gasteiger partial charge >= 0.3 is 0 Å². The Balaban J connectivity index is 1.77. The van der Waals surface area contributed by atoms with Crippen LogP contribution in [-0.2, 0) is 4.79 Å². The fourth-order valence-electron chi connectivity index (χ4n) is 2.33. The van der Waals surface area contributed by atoms with Crippen molar-refractivity contribution in [1.82, 2.24) is 4.98 Å². The highest BCUT2D eigenvalue weighted by molar-refractivity contribution is 5.85. The highest BCUT2D eigenvalue weighted by Gasteiger charge is 2.47. The Bertz CT molecular complexity index is 654. The largest absolute Gasteiger partial charge is 0.491 e. The zero-order valence-electron chi connectivity index (χ0n) is 11.1. The number of ether oxygens (including phenoxy) is 1. The number of hydrogen-bond acceptors (Lipinski definition) is 4. The summed E-state index contributed by atoms with van der Waals surface area (Å²) >= 11 is 0. The minimum absolute atomic E-state index is 0.103. The van der Waals surface area contributed by atoms with Crippen LogP contribution in [0.4, 0.5) is 0 Å². The monoisotopic (exact) mass is 271 g/mol. The molecule has 104 valence electrons. The molecule has 1 aromatic carbocycles. The number of nitrogens with two attached hydrogens (primary N) is 2. The fourth-order valence-corrected chi connectivity index (χ4v) is 2.33. The molecule has 0 radical (unpaired) electrons. The lowest BCUT2D eigenvalue weighted by molar-refractivity contribution is -0.125. The summed E-state index contributed by atoms with van der Waals surface area (Å²) in [7, 11) is 0. The van der Waals surface area contributed by atoms with Crippen LogP contribution in [0.5, 0.6) is 5.75 Å². The van der Waals surface area contributed by atoms with Gasteiger partial charge in [-0.25, -0.2) is 0 Å². The van der Waals surface area contributed by atoms with Crippen molar-refractivity contribution in [2.45, 2.75) is 18.4 Å². The van der Waals surface area contributed by atoms with Gasteiger partial charge in [-0.1, -0.05) is 6.07 Å². The third-order valence-corrected chi connectivity index (χ3v) is 3.82. The van der Waals surface area contributed by atoms with Crippen LogP contribution in [-0.4, -0.2) is 23.0 Å². The third-order valence-electron chi connectivity index (χ3n) is 3.82. The van der Waals surface area contributed by atoms with Gasteiger partial charge in [0.1, 0.15) is 17.9 Å². The van der Waals surface area contributed by atoms with E-state index in [4.69, 9.17) is 16.2 Å². The van der Waals surface area contributed by atoms with E-state index >= 15 is 0 Å². The molecular formula is C15H17N3O2. The summed E-state index contributed by atoms with van der Waals surface area (Å²) in [6.45, 7) is 0.103. The Morgan fingerprint density at radius 3 is 2.90 bits per heavy atom. The average Bonchev–Trinajstić information content (AvgIpc) is 3.29. The Morgan fingerprint density at radius 2 is 2.20 bits per heavy atom. The lowest BCUT2D eigenvalue weighted by Crippen LogP contribution is -2.58. The van der Waals surface area contributed by atoms with Crippen molar-refractivity contribution in [3.63, 3.8) is 0 Å². The molecule has 0 bridgehead atoms. The van der Waals surface area contributed by atoms with Crippen molar-refractivity contribution in [3.05, 3.63) is 36.5 Å². The first-order valence-corrected chi connectivity index (χ1v) is 6.66. The molecule has 0 spiro atoms. The number of carbonyl (C=O) groups excluding carboxylic acids is 1. The van der Waals surface area contributed by atoms with Crippen molar-refractivity contribution in [3.8, 4) is 5.75 Å². The van der Waals surface area contributed by atoms with Gasteiger partial charge in [-0.2, -0.15) is 0 Å². The van der Waals surface area contributed by atoms with E-state index in [9.17, 15) is 4.79 Å². The fraction of sp³-hybridized carbons (Fsp3) is 0.333. The van der Waals surface area contributed by atoms with Crippen LogP contribution in [0.25, 0.3) is 10.9 Å². The first kappa shape index (κ1) is 12.9. The number of nitrogens with zero attached hydrogens (tertiary/aromatic N) is 1. The molecule has 4 N–H and O–H groups in total. The number of fused-ring (bicyclic) bond motifs is 1. The Kier molecular flexibility index (Phi) is 3.06. The molecular weight excluding hydrogens is 254 g/mol. The molecule has 20 heavy (non-hydrogen) atoms. The summed E-state index contributed by atoms with van der Waals surface area (Å²) in [5.74, 6) is 0.283. The predicted molar refractivity (Wildman–Crippen MR) is 76.1 cm³/mol. The summed E-state index contributed by atoms with van der Waals surface area (Å²) in [5.41, 5.74) is 11.3. The maximum Gasteiger partial charge on any atom is 0.241 e. The van der Waals surface area contributed by atoms with Gasteiger partial charge < -0.3 is 16.2 Å². The summed E-state index contributed by atoms with van der Waals surface area (Å²) in [6, 6.07) is 9.47. The van der Waals surface area contributed by atoms with E-state index in [1.165, 1.54) is 0 Å². The number of aromatic nitrogens is 1. The average molecular weight is 271 g/mol. The number of rotatable bonds is 5. The first-order chi connectivity index (χ1) is 9.59. The van der Waals surface area contributed by atoms with Gasteiger partial charge in [0.05, 0.1) is 5.52 Å². The molecule has 5 nitrogen and oxygen atoms in total. The second kappa shape index (κ2) is 4.76. The lowest BCUT2D eigenvalue weighted by atomic mass is 9.95. The summed E-state index contributed by atoms with van der Waals surface area (Å²) < 4.78 is 5.68. The lowest BCUT2D eigenvalue weighted by Gasteiger charge is -2.25. The van der Waals surface area contributed by atoms with Gasteiger partial charge in [-0.3, -0.25) is 9.78 Å². The van der Waals surface area contributed by atoms with Crippen molar-refractivity contribution in [1.29, 1.82) is 0 Å². The van der Waals surface area contributed by atoms with E-state index in [2.05, 4.69) is 4.98 Å². The van der Waals surface area contributed by atoms with Gasteiger partial charge in [-0.05, 0) is 37.0 Å². The summed E-state index contributed by atoms with van der Waals surface area (Å²) in [4.78, 5) is 15.8. The SMILES string of the molecule is NC(=O)C(N)(COc1ccc2cccnc2c1)C1CC1. The van der Waals surface area contributed by atoms with Crippen LogP contribution in [0.1, 0.15) is 12.8 Å². The van der Waals surface area contributed by atoms with Gasteiger partial charge in [-0.15, -0.1) is 0 Å². The van der Waals surface area contributed by atoms with E-state index < -0.39 is 11.4 Å². The summed E-state index contributed by atoms with van der Waals surface area (Å²) in [5, 5.41) is 1.04. The minimum atomic E-state index is -1.07. The van der Waals surface area contributed by atoms with Crippen molar-refractivity contribution < 1.29 is 9.53 Å². The second-order valence-corrected chi connectivity index (χ2v) is 5.33. The van der Waals surface area contributed by atoms with E-state index in [0.717, 1.165) is 23.7 Å². The number of benzene rings is 1.